The van der Waals surface area contributed by atoms with Crippen LogP contribution in [-0.4, -0.2) is 21.1 Å². The van der Waals surface area contributed by atoms with Crippen LogP contribution >= 0.6 is 28.1 Å². The van der Waals surface area contributed by atoms with E-state index in [1.165, 1.54) is 0 Å². The molecule has 1 aromatic carbocycles. The van der Waals surface area contributed by atoms with Gasteiger partial charge < -0.3 is 5.73 Å². The fourth-order valence-electron chi connectivity index (χ4n) is 1.79. The van der Waals surface area contributed by atoms with Crippen molar-refractivity contribution in [3.8, 4) is 17.3 Å². The van der Waals surface area contributed by atoms with Crippen LogP contribution in [0.4, 0.5) is 0 Å². The molecule has 1 aromatic heterocycles. The standard InChI is InChI=1S/C14H13BrN6S/c15-11-4-2-10(3-5-11)13-8-12(9-18-19-14(17)22)21(20-13)7-1-6-16/h2-5,8-9H,1,7H2,(H3,17,19,22). The highest BCUT2D eigenvalue weighted by atomic mass is 79.9. The summed E-state index contributed by atoms with van der Waals surface area (Å²) in [5.74, 6) is 0. The van der Waals surface area contributed by atoms with E-state index in [1.807, 2.05) is 30.3 Å². The Balaban J connectivity index is 2.30. The topological polar surface area (TPSA) is 92.0 Å². The van der Waals surface area contributed by atoms with Crippen LogP contribution in [-0.2, 0) is 6.54 Å². The highest BCUT2D eigenvalue weighted by Crippen LogP contribution is 2.21. The van der Waals surface area contributed by atoms with Crippen LogP contribution in [0.25, 0.3) is 11.3 Å². The van der Waals surface area contributed by atoms with Crippen molar-refractivity contribution in [2.45, 2.75) is 13.0 Å². The number of hydrogen-bond donors (Lipinski definition) is 2. The molecule has 6 nitrogen and oxygen atoms in total. The molecule has 22 heavy (non-hydrogen) atoms. The minimum Gasteiger partial charge on any atom is -0.375 e. The molecule has 0 spiro atoms. The molecule has 8 heteroatoms. The first-order valence-electron chi connectivity index (χ1n) is 6.39. The zero-order chi connectivity index (χ0) is 15.9. The third kappa shape index (κ3) is 4.38. The summed E-state index contributed by atoms with van der Waals surface area (Å²) in [5, 5.41) is 17.3. The Bertz CT molecular complexity index is 729. The van der Waals surface area contributed by atoms with Crippen molar-refractivity contribution in [2.24, 2.45) is 10.8 Å². The molecule has 0 fully saturated rings. The second kappa shape index (κ2) is 7.68. The van der Waals surface area contributed by atoms with Crippen LogP contribution in [0, 0.1) is 11.3 Å². The van der Waals surface area contributed by atoms with E-state index in [4.69, 9.17) is 23.2 Å². The highest BCUT2D eigenvalue weighted by Gasteiger charge is 2.08. The van der Waals surface area contributed by atoms with E-state index in [0.29, 0.717) is 13.0 Å². The molecule has 0 atom stereocenters. The van der Waals surface area contributed by atoms with Crippen molar-refractivity contribution in [2.75, 3.05) is 0 Å². The van der Waals surface area contributed by atoms with Gasteiger partial charge in [0, 0.05) is 10.0 Å². The summed E-state index contributed by atoms with van der Waals surface area (Å²) in [6.45, 7) is 0.488. The minimum atomic E-state index is 0.0903. The number of nitrogens with zero attached hydrogens (tertiary/aromatic N) is 4. The van der Waals surface area contributed by atoms with E-state index >= 15 is 0 Å². The third-order valence-electron chi connectivity index (χ3n) is 2.76. The molecule has 0 aliphatic carbocycles. The lowest BCUT2D eigenvalue weighted by Crippen LogP contribution is -2.24. The SMILES string of the molecule is N#CCCn1nc(-c2ccc(Br)cc2)cc1C=NNC(N)=S. The second-order valence-electron chi connectivity index (χ2n) is 4.33. The van der Waals surface area contributed by atoms with Gasteiger partial charge in [-0.2, -0.15) is 15.5 Å². The van der Waals surface area contributed by atoms with E-state index in [1.54, 1.807) is 10.9 Å². The molecule has 0 radical (unpaired) electrons. The number of aryl methyl sites for hydroxylation is 1. The first kappa shape index (κ1) is 16.1. The van der Waals surface area contributed by atoms with Crippen LogP contribution in [0.2, 0.25) is 0 Å². The molecule has 1 heterocycles. The summed E-state index contributed by atoms with van der Waals surface area (Å²) < 4.78 is 2.73. The number of nitrogens with two attached hydrogens (primary N) is 1. The molecule has 0 amide bonds. The average molecular weight is 377 g/mol. The van der Waals surface area contributed by atoms with Crippen LogP contribution in [0.5, 0.6) is 0 Å². The Hall–Kier alpha value is -2.24. The van der Waals surface area contributed by atoms with E-state index in [0.717, 1.165) is 21.4 Å². The fraction of sp³-hybridized carbons (Fsp3) is 0.143. The lowest BCUT2D eigenvalue weighted by atomic mass is 10.1. The first-order chi connectivity index (χ1) is 10.6. The number of aromatic nitrogens is 2. The van der Waals surface area contributed by atoms with Gasteiger partial charge in [-0.05, 0) is 30.4 Å². The highest BCUT2D eigenvalue weighted by molar-refractivity contribution is 9.10. The second-order valence-corrected chi connectivity index (χ2v) is 5.68. The van der Waals surface area contributed by atoms with Gasteiger partial charge in [0.15, 0.2) is 5.11 Å². The van der Waals surface area contributed by atoms with E-state index < -0.39 is 0 Å². The molecular formula is C14H13BrN6S. The zero-order valence-corrected chi connectivity index (χ0v) is 13.9. The maximum absolute atomic E-state index is 8.75. The quantitative estimate of drug-likeness (QED) is 0.474. The first-order valence-corrected chi connectivity index (χ1v) is 7.59. The van der Waals surface area contributed by atoms with Gasteiger partial charge in [0.25, 0.3) is 0 Å². The number of hydrazone groups is 1. The fourth-order valence-corrected chi connectivity index (χ4v) is 2.11. The Morgan fingerprint density at radius 2 is 2.23 bits per heavy atom. The van der Waals surface area contributed by atoms with Gasteiger partial charge in [-0.1, -0.05) is 28.1 Å². The molecule has 0 bridgehead atoms. The minimum absolute atomic E-state index is 0.0903. The van der Waals surface area contributed by atoms with Crippen molar-refractivity contribution < 1.29 is 0 Å². The summed E-state index contributed by atoms with van der Waals surface area (Å²) in [5.41, 5.74) is 10.4. The molecule has 3 N–H and O–H groups in total. The molecule has 112 valence electrons. The molecule has 0 saturated heterocycles. The number of rotatable bonds is 5. The number of halogens is 1. The van der Waals surface area contributed by atoms with Crippen molar-refractivity contribution in [1.82, 2.24) is 15.2 Å². The van der Waals surface area contributed by atoms with Crippen molar-refractivity contribution in [3.63, 3.8) is 0 Å². The molecule has 0 aliphatic rings. The normalized spacial score (nSPS) is 10.5. The molecule has 0 saturated carbocycles. The van der Waals surface area contributed by atoms with Crippen LogP contribution in [0.1, 0.15) is 12.1 Å². The Kier molecular flexibility index (Phi) is 5.63. The van der Waals surface area contributed by atoms with Gasteiger partial charge in [0.2, 0.25) is 0 Å². The summed E-state index contributed by atoms with van der Waals surface area (Å²) in [7, 11) is 0. The molecule has 0 unspecified atom stereocenters. The Morgan fingerprint density at radius 3 is 2.86 bits per heavy atom. The lowest BCUT2D eigenvalue weighted by molar-refractivity contribution is 0.625. The largest absolute Gasteiger partial charge is 0.375 e. The number of nitriles is 1. The zero-order valence-electron chi connectivity index (χ0n) is 11.5. The summed E-state index contributed by atoms with van der Waals surface area (Å²) in [4.78, 5) is 0. The summed E-state index contributed by atoms with van der Waals surface area (Å²) in [6, 6.07) is 11.8. The van der Waals surface area contributed by atoms with E-state index in [-0.39, 0.29) is 5.11 Å². The summed E-state index contributed by atoms with van der Waals surface area (Å²) in [6.07, 6.45) is 1.94. The maximum atomic E-state index is 8.75. The van der Waals surface area contributed by atoms with Crippen molar-refractivity contribution in [3.05, 3.63) is 40.5 Å². The summed E-state index contributed by atoms with van der Waals surface area (Å²) >= 11 is 8.10. The third-order valence-corrected chi connectivity index (χ3v) is 3.38. The number of thiocarbonyl (C=S) groups is 1. The van der Waals surface area contributed by atoms with Gasteiger partial charge in [0.1, 0.15) is 0 Å². The average Bonchev–Trinajstić information content (AvgIpc) is 2.88. The van der Waals surface area contributed by atoms with Gasteiger partial charge in [-0.3, -0.25) is 10.1 Å². The van der Waals surface area contributed by atoms with Gasteiger partial charge >= 0.3 is 0 Å². The molecule has 2 rings (SSSR count). The van der Waals surface area contributed by atoms with E-state index in [9.17, 15) is 0 Å². The molecule has 0 aliphatic heterocycles. The Labute approximate surface area is 141 Å². The predicted octanol–water partition coefficient (Wildman–Crippen LogP) is 2.39. The number of benzene rings is 1. The Morgan fingerprint density at radius 1 is 1.50 bits per heavy atom. The maximum Gasteiger partial charge on any atom is 0.184 e. The van der Waals surface area contributed by atoms with Crippen LogP contribution < -0.4 is 11.2 Å². The number of nitrogens with one attached hydrogen (secondary N) is 1. The van der Waals surface area contributed by atoms with Gasteiger partial charge in [-0.15, -0.1) is 0 Å². The van der Waals surface area contributed by atoms with Gasteiger partial charge in [-0.25, -0.2) is 0 Å². The van der Waals surface area contributed by atoms with Crippen molar-refractivity contribution >= 4 is 39.5 Å². The molecule has 2 aromatic rings. The lowest BCUT2D eigenvalue weighted by Gasteiger charge is -2.00. The van der Waals surface area contributed by atoms with E-state index in [2.05, 4.69) is 37.6 Å². The predicted molar refractivity (Wildman–Crippen MR) is 93.1 cm³/mol. The number of hydrogen-bond acceptors (Lipinski definition) is 4. The van der Waals surface area contributed by atoms with Crippen molar-refractivity contribution in [1.29, 1.82) is 5.26 Å². The van der Waals surface area contributed by atoms with Crippen LogP contribution in [0.3, 0.4) is 0 Å². The monoisotopic (exact) mass is 376 g/mol. The van der Waals surface area contributed by atoms with Crippen LogP contribution in [0.15, 0.2) is 39.9 Å². The molecular weight excluding hydrogens is 364 g/mol. The smallest absolute Gasteiger partial charge is 0.184 e. The van der Waals surface area contributed by atoms with Gasteiger partial charge in [0.05, 0.1) is 36.6 Å².